The van der Waals surface area contributed by atoms with E-state index in [1.165, 1.54) is 107 Å². The van der Waals surface area contributed by atoms with Gasteiger partial charge >= 0.3 is 0 Å². The summed E-state index contributed by atoms with van der Waals surface area (Å²) in [5, 5.41) is 0. The molecule has 0 bridgehead atoms. The highest BCUT2D eigenvalue weighted by atomic mass is 14.0. The first-order valence-electron chi connectivity index (χ1n) is 10.2. The Kier molecular flexibility index (Phi) is 13.0. The Balaban J connectivity index is 1.79. The van der Waals surface area contributed by atoms with E-state index in [0.717, 1.165) is 0 Å². The molecule has 0 nitrogen and oxygen atoms in total. The molecule has 0 saturated heterocycles. The van der Waals surface area contributed by atoms with Gasteiger partial charge in [-0.2, -0.15) is 0 Å². The summed E-state index contributed by atoms with van der Waals surface area (Å²) in [6.07, 6.45) is 21.2. The van der Waals surface area contributed by atoms with Gasteiger partial charge in [0.05, 0.1) is 0 Å². The summed E-state index contributed by atoms with van der Waals surface area (Å²) < 4.78 is 0. The Morgan fingerprint density at radius 1 is 0.609 bits per heavy atom. The molecule has 0 unspecified atom stereocenters. The lowest BCUT2D eigenvalue weighted by molar-refractivity contribution is 0.535. The van der Waals surface area contributed by atoms with Crippen LogP contribution in [-0.4, -0.2) is 0 Å². The predicted octanol–water partition coefficient (Wildman–Crippen LogP) is 7.89. The van der Waals surface area contributed by atoms with E-state index in [1.807, 2.05) is 0 Å². The lowest BCUT2D eigenvalue weighted by atomic mass is 10.0. The highest BCUT2D eigenvalue weighted by Crippen LogP contribution is 2.15. The minimum atomic E-state index is 1.21. The zero-order chi connectivity index (χ0) is 16.6. The summed E-state index contributed by atoms with van der Waals surface area (Å²) in [7, 11) is 0. The fourth-order valence-corrected chi connectivity index (χ4v) is 3.31. The molecule has 1 rings (SSSR count). The van der Waals surface area contributed by atoms with Crippen LogP contribution in [0.5, 0.6) is 0 Å². The summed E-state index contributed by atoms with van der Waals surface area (Å²) in [6, 6.07) is 8.56. The number of hydrogen-bond donors (Lipinski definition) is 0. The third-order valence-electron chi connectivity index (χ3n) is 4.92. The molecular formula is C23H39. The molecule has 0 aromatic heterocycles. The summed E-state index contributed by atoms with van der Waals surface area (Å²) in [4.78, 5) is 0. The van der Waals surface area contributed by atoms with Gasteiger partial charge < -0.3 is 0 Å². The summed E-state index contributed by atoms with van der Waals surface area (Å²) in [5.74, 6) is 0. The number of aryl methyl sites for hydroxylation is 1. The van der Waals surface area contributed by atoms with E-state index in [1.54, 1.807) is 0 Å². The molecule has 0 spiro atoms. The van der Waals surface area contributed by atoms with Crippen LogP contribution < -0.4 is 0 Å². The van der Waals surface area contributed by atoms with E-state index in [4.69, 9.17) is 0 Å². The van der Waals surface area contributed by atoms with Crippen molar-refractivity contribution in [2.45, 2.75) is 103 Å². The fourth-order valence-electron chi connectivity index (χ4n) is 3.31. The van der Waals surface area contributed by atoms with Crippen LogP contribution in [0.4, 0.5) is 0 Å². The van der Waals surface area contributed by atoms with Crippen LogP contribution >= 0.6 is 0 Å². The van der Waals surface area contributed by atoms with Crippen molar-refractivity contribution in [1.82, 2.24) is 0 Å². The first kappa shape index (κ1) is 20.3. The van der Waals surface area contributed by atoms with Crippen LogP contribution in [0.25, 0.3) is 0 Å². The van der Waals surface area contributed by atoms with Gasteiger partial charge in [0.2, 0.25) is 0 Å². The Morgan fingerprint density at radius 3 is 1.52 bits per heavy atom. The van der Waals surface area contributed by atoms with Crippen LogP contribution in [0, 0.1) is 6.92 Å². The van der Waals surface area contributed by atoms with Gasteiger partial charge in [-0.15, -0.1) is 0 Å². The van der Waals surface area contributed by atoms with Crippen molar-refractivity contribution in [3.05, 3.63) is 42.3 Å². The van der Waals surface area contributed by atoms with E-state index in [-0.39, 0.29) is 0 Å². The molecule has 0 amide bonds. The van der Waals surface area contributed by atoms with Crippen molar-refractivity contribution in [2.75, 3.05) is 0 Å². The molecule has 0 aliphatic carbocycles. The van der Waals surface area contributed by atoms with Gasteiger partial charge in [0.15, 0.2) is 0 Å². The minimum absolute atomic E-state index is 1.21. The summed E-state index contributed by atoms with van der Waals surface area (Å²) >= 11 is 0. The normalized spacial score (nSPS) is 11.0. The Bertz CT molecular complexity index is 366. The topological polar surface area (TPSA) is 0 Å². The maximum atomic E-state index is 4.11. The van der Waals surface area contributed by atoms with Gasteiger partial charge in [-0.1, -0.05) is 115 Å². The first-order chi connectivity index (χ1) is 11.3. The largest absolute Gasteiger partial charge is 0.0654 e. The lowest BCUT2D eigenvalue weighted by Crippen LogP contribution is -1.89. The number of unbranched alkanes of at least 4 members (excludes halogenated alkanes) is 13. The van der Waals surface area contributed by atoms with E-state index in [2.05, 4.69) is 38.1 Å². The third-order valence-corrected chi connectivity index (χ3v) is 4.92. The molecule has 0 atom stereocenters. The average molecular weight is 316 g/mol. The smallest absolute Gasteiger partial charge is 0.0235 e. The maximum Gasteiger partial charge on any atom is -0.0235 e. The molecule has 0 heteroatoms. The van der Waals surface area contributed by atoms with Crippen LogP contribution in [0.1, 0.15) is 108 Å². The second kappa shape index (κ2) is 14.8. The first-order valence-corrected chi connectivity index (χ1v) is 10.2. The van der Waals surface area contributed by atoms with Crippen molar-refractivity contribution in [2.24, 2.45) is 0 Å². The zero-order valence-electron chi connectivity index (χ0n) is 15.6. The number of hydrogen-bond acceptors (Lipinski definition) is 0. The SMILES string of the molecule is [CH2]c1ccccc1CCCCCCCCCCCCCCCC. The number of rotatable bonds is 15. The van der Waals surface area contributed by atoms with Crippen molar-refractivity contribution in [1.29, 1.82) is 0 Å². The third kappa shape index (κ3) is 11.4. The molecule has 0 fully saturated rings. The molecule has 1 radical (unpaired) electrons. The van der Waals surface area contributed by atoms with Crippen molar-refractivity contribution in [3.8, 4) is 0 Å². The lowest BCUT2D eigenvalue weighted by Gasteiger charge is -2.05. The maximum absolute atomic E-state index is 4.11. The van der Waals surface area contributed by atoms with Gasteiger partial charge in [0.1, 0.15) is 0 Å². The van der Waals surface area contributed by atoms with Gasteiger partial charge in [-0.05, 0) is 30.9 Å². The molecule has 1 aromatic carbocycles. The molecule has 0 heterocycles. The monoisotopic (exact) mass is 315 g/mol. The Morgan fingerprint density at radius 2 is 1.04 bits per heavy atom. The highest BCUT2D eigenvalue weighted by Gasteiger charge is 1.97. The fraction of sp³-hybridized carbons (Fsp3) is 0.696. The average Bonchev–Trinajstić information content (AvgIpc) is 2.57. The standard InChI is InChI=1S/C23H39/c1-3-4-5-6-7-8-9-10-11-12-13-14-15-16-20-23-21-18-17-19-22(23)2/h17-19,21H,2-16,20H2,1H3. The van der Waals surface area contributed by atoms with Crippen LogP contribution in [0.2, 0.25) is 0 Å². The molecule has 0 saturated carbocycles. The summed E-state index contributed by atoms with van der Waals surface area (Å²) in [6.45, 7) is 6.40. The minimum Gasteiger partial charge on any atom is -0.0654 e. The van der Waals surface area contributed by atoms with Crippen molar-refractivity contribution in [3.63, 3.8) is 0 Å². The second-order valence-electron chi connectivity index (χ2n) is 7.11. The number of benzene rings is 1. The van der Waals surface area contributed by atoms with E-state index >= 15 is 0 Å². The van der Waals surface area contributed by atoms with Gasteiger partial charge in [-0.3, -0.25) is 0 Å². The van der Waals surface area contributed by atoms with Crippen molar-refractivity contribution >= 4 is 0 Å². The highest BCUT2D eigenvalue weighted by molar-refractivity contribution is 5.29. The predicted molar refractivity (Wildman–Crippen MR) is 105 cm³/mol. The van der Waals surface area contributed by atoms with Crippen LogP contribution in [-0.2, 0) is 6.42 Å². The van der Waals surface area contributed by atoms with Crippen LogP contribution in [0.3, 0.4) is 0 Å². The molecule has 0 aliphatic heterocycles. The Hall–Kier alpha value is -0.780. The molecule has 0 aliphatic rings. The van der Waals surface area contributed by atoms with Gasteiger partial charge in [-0.25, -0.2) is 0 Å². The molecular weight excluding hydrogens is 276 g/mol. The molecule has 0 N–H and O–H groups in total. The molecule has 23 heavy (non-hydrogen) atoms. The summed E-state index contributed by atoms with van der Waals surface area (Å²) in [5.41, 5.74) is 2.65. The molecule has 131 valence electrons. The van der Waals surface area contributed by atoms with Crippen LogP contribution in [0.15, 0.2) is 24.3 Å². The molecule has 1 aromatic rings. The van der Waals surface area contributed by atoms with E-state index in [0.29, 0.717) is 0 Å². The van der Waals surface area contributed by atoms with Gasteiger partial charge in [0.25, 0.3) is 0 Å². The van der Waals surface area contributed by atoms with E-state index in [9.17, 15) is 0 Å². The van der Waals surface area contributed by atoms with Gasteiger partial charge in [0, 0.05) is 0 Å². The zero-order valence-corrected chi connectivity index (χ0v) is 15.6. The van der Waals surface area contributed by atoms with Crippen molar-refractivity contribution < 1.29 is 0 Å². The second-order valence-corrected chi connectivity index (χ2v) is 7.11. The van der Waals surface area contributed by atoms with E-state index < -0.39 is 0 Å². The Labute approximate surface area is 146 Å². The quantitative estimate of drug-likeness (QED) is 0.289.